The number of furan rings is 1. The molecule has 0 radical (unpaired) electrons. The van der Waals surface area contributed by atoms with Gasteiger partial charge >= 0.3 is 0 Å². The molecule has 6 nitrogen and oxygen atoms in total. The van der Waals surface area contributed by atoms with E-state index in [1.807, 2.05) is 110 Å². The first kappa shape index (κ1) is 34.2. The van der Waals surface area contributed by atoms with Crippen LogP contribution in [0, 0.1) is 0 Å². The fourth-order valence-electron chi connectivity index (χ4n) is 7.06. The van der Waals surface area contributed by atoms with Crippen LogP contribution in [-0.4, -0.2) is 26.7 Å². The van der Waals surface area contributed by atoms with Gasteiger partial charge in [0.25, 0.3) is 0 Å². The summed E-state index contributed by atoms with van der Waals surface area (Å²) in [7, 11) is 0. The third kappa shape index (κ3) is 6.50. The van der Waals surface area contributed by atoms with Crippen molar-refractivity contribution in [3.8, 4) is 67.5 Å². The zero-order valence-electron chi connectivity index (χ0n) is 30.7. The predicted octanol–water partition coefficient (Wildman–Crippen LogP) is 12.8. The second-order valence-electron chi connectivity index (χ2n) is 13.3. The second-order valence-corrected chi connectivity index (χ2v) is 13.3. The number of nitrogens with zero attached hydrogens (tertiary/aromatic N) is 5. The molecule has 0 aliphatic heterocycles. The quantitative estimate of drug-likeness (QED) is 0.110. The molecular weight excluding hydrogens is 687 g/mol. The van der Waals surface area contributed by atoms with Crippen LogP contribution in [0.5, 0.6) is 0 Å². The summed E-state index contributed by atoms with van der Waals surface area (Å²) in [5, 5.41) is 1.87. The topological polar surface area (TPSA) is 77.1 Å². The lowest BCUT2D eigenvalue weighted by Crippen LogP contribution is -1.95. The van der Waals surface area contributed by atoms with Gasteiger partial charge in [-0.25, -0.2) is 15.0 Å². The number of hydrogen-bond donors (Lipinski definition) is 0. The molecule has 0 amide bonds. The highest BCUT2D eigenvalue weighted by atomic mass is 16.3. The Morgan fingerprint density at radius 2 is 1.20 bits per heavy atom. The van der Waals surface area contributed by atoms with E-state index < -0.39 is 0 Å². The van der Waals surface area contributed by atoms with Gasteiger partial charge in [0, 0.05) is 39.2 Å². The molecule has 0 aliphatic rings. The number of rotatable bonds is 9. The molecule has 0 unspecified atom stereocenters. The first-order valence-electron chi connectivity index (χ1n) is 18.5. The SMILES string of the molecule is C=N/C(=C\C=C/C)c1oc2c(-c3ccccc3)nc3cc(-c4ccc(-c5cc(-c6ccccc6)nc(-c6ccccc6)n5)cc4)ccc3c2c1-c1ccccn1. The summed E-state index contributed by atoms with van der Waals surface area (Å²) >= 11 is 0. The smallest absolute Gasteiger partial charge is 0.163 e. The maximum atomic E-state index is 6.79. The van der Waals surface area contributed by atoms with Crippen molar-refractivity contribution in [2.24, 2.45) is 4.99 Å². The van der Waals surface area contributed by atoms with Crippen LogP contribution in [0.25, 0.3) is 95.1 Å². The molecule has 0 saturated heterocycles. The van der Waals surface area contributed by atoms with Gasteiger partial charge in [-0.15, -0.1) is 0 Å². The van der Waals surface area contributed by atoms with Gasteiger partial charge in [-0.1, -0.05) is 146 Å². The summed E-state index contributed by atoms with van der Waals surface area (Å²) in [6, 6.07) is 53.4. The summed E-state index contributed by atoms with van der Waals surface area (Å²) in [6.45, 7) is 5.85. The van der Waals surface area contributed by atoms with E-state index in [0.717, 1.165) is 78.0 Å². The van der Waals surface area contributed by atoms with E-state index >= 15 is 0 Å². The maximum absolute atomic E-state index is 6.79. The Morgan fingerprint density at radius 1 is 0.589 bits per heavy atom. The van der Waals surface area contributed by atoms with E-state index in [2.05, 4.69) is 84.5 Å². The maximum Gasteiger partial charge on any atom is 0.163 e. The van der Waals surface area contributed by atoms with Crippen molar-refractivity contribution in [3.63, 3.8) is 0 Å². The van der Waals surface area contributed by atoms with Crippen molar-refractivity contribution < 1.29 is 4.42 Å². The molecule has 9 aromatic rings. The normalized spacial score (nSPS) is 11.8. The Kier molecular flexibility index (Phi) is 9.19. The molecule has 4 aromatic heterocycles. The number of allylic oxidation sites excluding steroid dienone is 3. The van der Waals surface area contributed by atoms with Crippen molar-refractivity contribution in [2.45, 2.75) is 6.92 Å². The van der Waals surface area contributed by atoms with Crippen LogP contribution in [0.2, 0.25) is 0 Å². The summed E-state index contributed by atoms with van der Waals surface area (Å²) in [6.07, 6.45) is 7.58. The fourth-order valence-corrected chi connectivity index (χ4v) is 7.06. The van der Waals surface area contributed by atoms with Gasteiger partial charge in [0.1, 0.15) is 11.4 Å². The van der Waals surface area contributed by atoms with Crippen LogP contribution in [0.4, 0.5) is 0 Å². The summed E-state index contributed by atoms with van der Waals surface area (Å²) in [4.78, 5) is 24.4. The van der Waals surface area contributed by atoms with Crippen LogP contribution in [-0.2, 0) is 0 Å². The monoisotopic (exact) mass is 721 g/mol. The van der Waals surface area contributed by atoms with Crippen LogP contribution in [0.1, 0.15) is 12.7 Å². The van der Waals surface area contributed by atoms with Gasteiger partial charge < -0.3 is 4.42 Å². The first-order valence-corrected chi connectivity index (χ1v) is 18.5. The largest absolute Gasteiger partial charge is 0.451 e. The van der Waals surface area contributed by atoms with E-state index in [1.165, 1.54) is 0 Å². The number of hydrogen-bond acceptors (Lipinski definition) is 6. The average Bonchev–Trinajstić information content (AvgIpc) is 3.68. The molecule has 56 heavy (non-hydrogen) atoms. The van der Waals surface area contributed by atoms with Gasteiger partial charge in [0.15, 0.2) is 17.2 Å². The number of fused-ring (bicyclic) bond motifs is 3. The lowest BCUT2D eigenvalue weighted by molar-refractivity contribution is 0.599. The molecule has 0 atom stereocenters. The highest BCUT2D eigenvalue weighted by molar-refractivity contribution is 6.17. The van der Waals surface area contributed by atoms with E-state index in [1.54, 1.807) is 6.20 Å². The standard InChI is InChI=1S/C50H35N5O/c1-3-4-22-41(51-2)48-46(40-23-14-15-30-52-40)45-39-29-28-38(31-44(39)53-47(49(45)56-48)36-18-10-6-11-19-36)33-24-26-35(27-25-33)43-32-42(34-16-8-5-9-17-34)54-50(55-43)37-20-12-7-13-21-37/h3-32H,2H2,1H3/b4-3-,41-22-. The minimum Gasteiger partial charge on any atom is -0.451 e. The van der Waals surface area contributed by atoms with E-state index in [9.17, 15) is 0 Å². The third-order valence-corrected chi connectivity index (χ3v) is 9.78. The second kappa shape index (κ2) is 15.0. The molecule has 0 saturated carbocycles. The van der Waals surface area contributed by atoms with Crippen molar-refractivity contribution >= 4 is 34.3 Å². The summed E-state index contributed by atoms with van der Waals surface area (Å²) in [5.41, 5.74) is 12.3. The lowest BCUT2D eigenvalue weighted by atomic mass is 9.96. The Labute approximate surface area is 325 Å². The van der Waals surface area contributed by atoms with Crippen molar-refractivity contribution in [3.05, 3.63) is 188 Å². The molecule has 0 spiro atoms. The molecule has 6 heteroatoms. The Balaban J connectivity index is 1.20. The Bertz CT molecular complexity index is 2840. The van der Waals surface area contributed by atoms with Crippen LogP contribution in [0.15, 0.2) is 192 Å². The molecule has 0 N–H and O–H groups in total. The lowest BCUT2D eigenvalue weighted by Gasteiger charge is -2.11. The predicted molar refractivity (Wildman–Crippen MR) is 230 cm³/mol. The van der Waals surface area contributed by atoms with Crippen LogP contribution >= 0.6 is 0 Å². The molecule has 0 bridgehead atoms. The zero-order chi connectivity index (χ0) is 37.8. The highest BCUT2D eigenvalue weighted by Gasteiger charge is 2.25. The highest BCUT2D eigenvalue weighted by Crippen LogP contribution is 2.45. The van der Waals surface area contributed by atoms with Crippen LogP contribution < -0.4 is 0 Å². The van der Waals surface area contributed by atoms with Crippen molar-refractivity contribution in [1.82, 2.24) is 19.9 Å². The van der Waals surface area contributed by atoms with Gasteiger partial charge in [-0.3, -0.25) is 9.98 Å². The minimum absolute atomic E-state index is 0.591. The third-order valence-electron chi connectivity index (χ3n) is 9.78. The molecule has 9 rings (SSSR count). The minimum atomic E-state index is 0.591. The molecule has 0 fully saturated rings. The first-order chi connectivity index (χ1) is 27.7. The summed E-state index contributed by atoms with van der Waals surface area (Å²) < 4.78 is 6.79. The van der Waals surface area contributed by atoms with Gasteiger partial charge in [-0.05, 0) is 55.1 Å². The molecule has 5 aromatic carbocycles. The molecule has 0 aliphatic carbocycles. The number of aromatic nitrogens is 4. The molecule has 4 heterocycles. The fraction of sp³-hybridized carbons (Fsp3) is 0.0200. The van der Waals surface area contributed by atoms with Gasteiger partial charge in [0.05, 0.1) is 28.2 Å². The zero-order valence-corrected chi connectivity index (χ0v) is 30.7. The molecular formula is C50H35N5O. The van der Waals surface area contributed by atoms with Gasteiger partial charge in [-0.2, -0.15) is 0 Å². The number of aliphatic imine (C=N–C) groups is 1. The Hall–Kier alpha value is -7.57. The van der Waals surface area contributed by atoms with Crippen LogP contribution in [0.3, 0.4) is 0 Å². The van der Waals surface area contributed by atoms with Crippen molar-refractivity contribution in [2.75, 3.05) is 0 Å². The number of pyridine rings is 2. The Morgan fingerprint density at radius 3 is 1.84 bits per heavy atom. The van der Waals surface area contributed by atoms with Crippen molar-refractivity contribution in [1.29, 1.82) is 0 Å². The number of benzene rings is 5. The van der Waals surface area contributed by atoms with Gasteiger partial charge in [0.2, 0.25) is 0 Å². The molecule has 266 valence electrons. The van der Waals surface area contributed by atoms with E-state index in [-0.39, 0.29) is 0 Å². The van der Waals surface area contributed by atoms with E-state index in [4.69, 9.17) is 24.4 Å². The average molecular weight is 722 g/mol. The van der Waals surface area contributed by atoms with E-state index in [0.29, 0.717) is 22.9 Å². The summed E-state index contributed by atoms with van der Waals surface area (Å²) in [5.74, 6) is 1.28.